The maximum absolute atomic E-state index is 12.7. The number of hydrazine groups is 1. The maximum Gasteiger partial charge on any atom is 0.176 e. The van der Waals surface area contributed by atoms with Crippen molar-refractivity contribution in [2.24, 2.45) is 5.84 Å². The van der Waals surface area contributed by atoms with Gasteiger partial charge in [-0.1, -0.05) is 0 Å². The number of nitrogens with one attached hydrogen (secondary N) is 1. The van der Waals surface area contributed by atoms with Crippen LogP contribution < -0.4 is 11.3 Å². The number of hydrogen-bond acceptors (Lipinski definition) is 4. The van der Waals surface area contributed by atoms with Crippen molar-refractivity contribution < 1.29 is 4.39 Å². The van der Waals surface area contributed by atoms with Gasteiger partial charge in [0, 0.05) is 6.20 Å². The third-order valence-electron chi connectivity index (χ3n) is 1.11. The van der Waals surface area contributed by atoms with Gasteiger partial charge in [0.25, 0.3) is 0 Å². The second kappa shape index (κ2) is 2.94. The summed E-state index contributed by atoms with van der Waals surface area (Å²) in [5, 5.41) is 8.32. The zero-order valence-electron chi connectivity index (χ0n) is 5.50. The monoisotopic (exact) mass is 152 g/mol. The number of anilines is 1. The highest BCUT2D eigenvalue weighted by Crippen LogP contribution is 2.09. The van der Waals surface area contributed by atoms with Crippen LogP contribution >= 0.6 is 0 Å². The van der Waals surface area contributed by atoms with E-state index in [4.69, 9.17) is 11.1 Å². The van der Waals surface area contributed by atoms with Gasteiger partial charge >= 0.3 is 0 Å². The second-order valence-electron chi connectivity index (χ2n) is 1.81. The average molecular weight is 152 g/mol. The normalized spacial score (nSPS) is 8.82. The Morgan fingerprint density at radius 3 is 2.91 bits per heavy atom. The molecule has 0 spiro atoms. The van der Waals surface area contributed by atoms with E-state index in [-0.39, 0.29) is 11.4 Å². The minimum absolute atomic E-state index is 0.0657. The van der Waals surface area contributed by atoms with Crippen molar-refractivity contribution in [3.05, 3.63) is 23.6 Å². The van der Waals surface area contributed by atoms with Gasteiger partial charge in [-0.05, 0) is 6.07 Å². The molecule has 1 aromatic heterocycles. The molecule has 0 saturated carbocycles. The molecule has 0 aromatic carbocycles. The van der Waals surface area contributed by atoms with Crippen LogP contribution in [-0.2, 0) is 0 Å². The Hall–Kier alpha value is -1.67. The number of pyridine rings is 1. The summed E-state index contributed by atoms with van der Waals surface area (Å²) in [4.78, 5) is 3.53. The highest BCUT2D eigenvalue weighted by molar-refractivity contribution is 5.39. The van der Waals surface area contributed by atoms with Gasteiger partial charge in [0.1, 0.15) is 6.07 Å². The van der Waals surface area contributed by atoms with Gasteiger partial charge in [0.05, 0.1) is 5.56 Å². The van der Waals surface area contributed by atoms with E-state index in [9.17, 15) is 4.39 Å². The number of nitrogen functional groups attached to an aromatic ring is 1. The van der Waals surface area contributed by atoms with Crippen LogP contribution in [0.2, 0.25) is 0 Å². The summed E-state index contributed by atoms with van der Waals surface area (Å²) in [6.45, 7) is 0. The fraction of sp³-hybridized carbons (Fsp3) is 0. The van der Waals surface area contributed by atoms with Crippen LogP contribution in [0.4, 0.5) is 10.2 Å². The Morgan fingerprint density at radius 1 is 1.73 bits per heavy atom. The van der Waals surface area contributed by atoms with Crippen LogP contribution in [0, 0.1) is 17.1 Å². The lowest BCUT2D eigenvalue weighted by atomic mass is 10.3. The van der Waals surface area contributed by atoms with Crippen LogP contribution in [0.25, 0.3) is 0 Å². The first-order valence-electron chi connectivity index (χ1n) is 2.80. The number of nitrogens with two attached hydrogens (primary N) is 1. The Balaban J connectivity index is 3.12. The molecule has 0 radical (unpaired) electrons. The Labute approximate surface area is 62.4 Å². The second-order valence-corrected chi connectivity index (χ2v) is 1.81. The van der Waals surface area contributed by atoms with E-state index in [2.05, 4.69) is 10.4 Å². The van der Waals surface area contributed by atoms with Crippen LogP contribution in [0.5, 0.6) is 0 Å². The minimum atomic E-state index is -0.633. The quantitative estimate of drug-likeness (QED) is 0.450. The van der Waals surface area contributed by atoms with Gasteiger partial charge in [-0.2, -0.15) is 5.26 Å². The Morgan fingerprint density at radius 2 is 2.45 bits per heavy atom. The molecule has 4 nitrogen and oxygen atoms in total. The summed E-state index contributed by atoms with van der Waals surface area (Å²) in [6, 6.07) is 2.81. The predicted molar refractivity (Wildman–Crippen MR) is 36.7 cm³/mol. The molecule has 0 aliphatic rings. The smallest absolute Gasteiger partial charge is 0.176 e. The van der Waals surface area contributed by atoms with Crippen molar-refractivity contribution in [1.82, 2.24) is 4.98 Å². The Kier molecular flexibility index (Phi) is 1.99. The minimum Gasteiger partial charge on any atom is -0.306 e. The molecule has 0 saturated heterocycles. The van der Waals surface area contributed by atoms with E-state index < -0.39 is 5.82 Å². The molecule has 0 aliphatic carbocycles. The summed E-state index contributed by atoms with van der Waals surface area (Å²) in [7, 11) is 0. The van der Waals surface area contributed by atoms with E-state index in [0.29, 0.717) is 0 Å². The van der Waals surface area contributed by atoms with Crippen molar-refractivity contribution in [3.8, 4) is 6.07 Å². The number of nitriles is 1. The van der Waals surface area contributed by atoms with Gasteiger partial charge < -0.3 is 5.43 Å². The molecule has 3 N–H and O–H groups in total. The van der Waals surface area contributed by atoms with E-state index in [1.165, 1.54) is 6.20 Å². The standard InChI is InChI=1S/C6H5FN4/c7-5-1-4(2-8)3-10-6(5)11-9/h1,3H,9H2,(H,10,11). The topological polar surface area (TPSA) is 74.7 Å². The molecule has 0 fully saturated rings. The lowest BCUT2D eigenvalue weighted by Crippen LogP contribution is -2.10. The molecule has 0 atom stereocenters. The first kappa shape index (κ1) is 7.44. The van der Waals surface area contributed by atoms with Crippen LogP contribution in [0.15, 0.2) is 12.3 Å². The molecule has 5 heteroatoms. The first-order valence-corrected chi connectivity index (χ1v) is 2.80. The molecular formula is C6H5FN4. The van der Waals surface area contributed by atoms with Gasteiger partial charge in [-0.15, -0.1) is 0 Å². The molecule has 11 heavy (non-hydrogen) atoms. The summed E-state index contributed by atoms with van der Waals surface area (Å²) in [6.07, 6.45) is 1.23. The molecule has 56 valence electrons. The fourth-order valence-electron chi connectivity index (χ4n) is 0.605. The highest BCUT2D eigenvalue weighted by atomic mass is 19.1. The molecule has 1 heterocycles. The number of nitrogens with zero attached hydrogens (tertiary/aromatic N) is 2. The van der Waals surface area contributed by atoms with Gasteiger partial charge in [-0.25, -0.2) is 15.2 Å². The third-order valence-corrected chi connectivity index (χ3v) is 1.11. The molecule has 1 aromatic rings. The van der Waals surface area contributed by atoms with Gasteiger partial charge in [0.2, 0.25) is 0 Å². The predicted octanol–water partition coefficient (Wildman–Crippen LogP) is 0.378. The number of halogens is 1. The Bertz CT molecular complexity index is 304. The van der Waals surface area contributed by atoms with Crippen LogP contribution in [0.1, 0.15) is 5.56 Å². The number of aromatic nitrogens is 1. The maximum atomic E-state index is 12.7. The SMILES string of the molecule is N#Cc1cnc(NN)c(F)c1. The fourth-order valence-corrected chi connectivity index (χ4v) is 0.605. The van der Waals surface area contributed by atoms with E-state index in [1.807, 2.05) is 0 Å². The van der Waals surface area contributed by atoms with Crippen molar-refractivity contribution in [2.75, 3.05) is 5.43 Å². The zero-order chi connectivity index (χ0) is 8.27. The largest absolute Gasteiger partial charge is 0.306 e. The van der Waals surface area contributed by atoms with Crippen molar-refractivity contribution in [2.45, 2.75) is 0 Å². The number of rotatable bonds is 1. The van der Waals surface area contributed by atoms with Crippen LogP contribution in [-0.4, -0.2) is 4.98 Å². The van der Waals surface area contributed by atoms with Crippen molar-refractivity contribution >= 4 is 5.82 Å². The zero-order valence-corrected chi connectivity index (χ0v) is 5.50. The van der Waals surface area contributed by atoms with Gasteiger partial charge in [-0.3, -0.25) is 0 Å². The summed E-state index contributed by atoms with van der Waals surface area (Å²) in [5.74, 6) is 4.21. The van der Waals surface area contributed by atoms with E-state index >= 15 is 0 Å². The first-order chi connectivity index (χ1) is 5.27. The highest BCUT2D eigenvalue weighted by Gasteiger charge is 2.01. The van der Waals surface area contributed by atoms with Gasteiger partial charge in [0.15, 0.2) is 11.6 Å². The molecular weight excluding hydrogens is 147 g/mol. The molecule has 0 aliphatic heterocycles. The summed E-state index contributed by atoms with van der Waals surface area (Å²) >= 11 is 0. The van der Waals surface area contributed by atoms with Crippen molar-refractivity contribution in [3.63, 3.8) is 0 Å². The number of hydrogen-bond donors (Lipinski definition) is 2. The molecule has 0 amide bonds. The van der Waals surface area contributed by atoms with E-state index in [0.717, 1.165) is 6.07 Å². The van der Waals surface area contributed by atoms with E-state index in [1.54, 1.807) is 6.07 Å². The van der Waals surface area contributed by atoms with Crippen LogP contribution in [0.3, 0.4) is 0 Å². The average Bonchev–Trinajstić information content (AvgIpc) is 2.04. The third kappa shape index (κ3) is 1.42. The lowest BCUT2D eigenvalue weighted by molar-refractivity contribution is 0.624. The molecule has 1 rings (SSSR count). The molecule has 0 bridgehead atoms. The summed E-state index contributed by atoms with van der Waals surface area (Å²) in [5.41, 5.74) is 2.22. The molecule has 0 unspecified atom stereocenters. The van der Waals surface area contributed by atoms with Crippen molar-refractivity contribution in [1.29, 1.82) is 5.26 Å². The summed E-state index contributed by atoms with van der Waals surface area (Å²) < 4.78 is 12.7. The lowest BCUT2D eigenvalue weighted by Gasteiger charge is -1.98.